The minimum atomic E-state index is -0.504. The van der Waals surface area contributed by atoms with Gasteiger partial charge in [0.1, 0.15) is 0 Å². The number of rotatable bonds is 6. The molecule has 1 aromatic heterocycles. The molecule has 1 aromatic rings. The lowest BCUT2D eigenvalue weighted by Gasteiger charge is -2.19. The fraction of sp³-hybridized carbons (Fsp3) is 0.615. The second-order valence-electron chi connectivity index (χ2n) is 5.30. The van der Waals surface area contributed by atoms with Crippen LogP contribution < -0.4 is 0 Å². The third-order valence-electron chi connectivity index (χ3n) is 3.64. The maximum absolute atomic E-state index is 12.0. The fourth-order valence-corrected chi connectivity index (χ4v) is 2.68. The number of hydrogen-bond donors (Lipinski definition) is 1. The molecule has 0 bridgehead atoms. The number of carbonyl (C=O) groups is 1. The molecule has 2 rings (SSSR count). The van der Waals surface area contributed by atoms with E-state index in [-0.39, 0.29) is 11.5 Å². The first-order chi connectivity index (χ1) is 9.06. The number of nitrogens with one attached hydrogen (secondary N) is 1. The van der Waals surface area contributed by atoms with E-state index >= 15 is 0 Å². The number of ketones is 1. The number of hydrogen-bond acceptors (Lipinski definition) is 4. The Morgan fingerprint density at radius 2 is 2.21 bits per heavy atom. The van der Waals surface area contributed by atoms with E-state index in [0.717, 1.165) is 6.54 Å². The van der Waals surface area contributed by atoms with Gasteiger partial charge in [-0.25, -0.2) is 0 Å². The highest BCUT2D eigenvalue weighted by Gasteiger charge is 2.20. The van der Waals surface area contributed by atoms with Crippen LogP contribution in [0.2, 0.25) is 0 Å². The van der Waals surface area contributed by atoms with Crippen LogP contribution in [0.4, 0.5) is 5.69 Å². The SMILES string of the molecule is CN(CC(=O)c1cc([N+](=O)[O-])c[nH]1)CC1CCCC1. The molecule has 1 aliphatic rings. The zero-order valence-electron chi connectivity index (χ0n) is 11.1. The van der Waals surface area contributed by atoms with Crippen molar-refractivity contribution in [1.29, 1.82) is 0 Å². The number of nitro groups is 1. The van der Waals surface area contributed by atoms with Crippen molar-refractivity contribution in [3.05, 3.63) is 28.1 Å². The van der Waals surface area contributed by atoms with Crippen molar-refractivity contribution in [1.82, 2.24) is 9.88 Å². The van der Waals surface area contributed by atoms with Crippen LogP contribution in [0.5, 0.6) is 0 Å². The van der Waals surface area contributed by atoms with Gasteiger partial charge >= 0.3 is 0 Å². The van der Waals surface area contributed by atoms with E-state index in [0.29, 0.717) is 18.2 Å². The number of H-pyrrole nitrogens is 1. The maximum Gasteiger partial charge on any atom is 0.287 e. The van der Waals surface area contributed by atoms with Gasteiger partial charge in [0.2, 0.25) is 0 Å². The molecule has 1 heterocycles. The van der Waals surface area contributed by atoms with Crippen LogP contribution in [-0.4, -0.2) is 40.7 Å². The van der Waals surface area contributed by atoms with Gasteiger partial charge < -0.3 is 4.98 Å². The summed E-state index contributed by atoms with van der Waals surface area (Å²) in [5, 5.41) is 10.6. The Hall–Kier alpha value is -1.69. The van der Waals surface area contributed by atoms with Gasteiger partial charge in [0.25, 0.3) is 5.69 Å². The summed E-state index contributed by atoms with van der Waals surface area (Å²) < 4.78 is 0. The Bertz CT molecular complexity index is 463. The van der Waals surface area contributed by atoms with Crippen molar-refractivity contribution in [2.45, 2.75) is 25.7 Å². The molecular formula is C13H19N3O3. The van der Waals surface area contributed by atoms with Gasteiger partial charge in [-0.15, -0.1) is 0 Å². The van der Waals surface area contributed by atoms with Crippen LogP contribution in [0, 0.1) is 16.0 Å². The standard InChI is InChI=1S/C13H19N3O3/c1-15(8-10-4-2-3-5-10)9-13(17)12-6-11(7-14-12)16(18)19/h6-7,10,14H,2-5,8-9H2,1H3. The first-order valence-corrected chi connectivity index (χ1v) is 6.61. The summed E-state index contributed by atoms with van der Waals surface area (Å²) in [4.78, 5) is 26.7. The summed E-state index contributed by atoms with van der Waals surface area (Å²) in [5.41, 5.74) is 0.242. The normalized spacial score (nSPS) is 16.1. The third-order valence-corrected chi connectivity index (χ3v) is 3.64. The van der Waals surface area contributed by atoms with E-state index in [1.54, 1.807) is 0 Å². The van der Waals surface area contributed by atoms with Crippen molar-refractivity contribution in [3.63, 3.8) is 0 Å². The van der Waals surface area contributed by atoms with Crippen molar-refractivity contribution in [2.24, 2.45) is 5.92 Å². The van der Waals surface area contributed by atoms with Gasteiger partial charge in [0, 0.05) is 12.6 Å². The predicted octanol–water partition coefficient (Wildman–Crippen LogP) is 2.23. The van der Waals surface area contributed by atoms with E-state index in [9.17, 15) is 14.9 Å². The van der Waals surface area contributed by atoms with Gasteiger partial charge in [0.15, 0.2) is 5.78 Å². The first-order valence-electron chi connectivity index (χ1n) is 6.61. The van der Waals surface area contributed by atoms with Crippen LogP contribution in [0.15, 0.2) is 12.3 Å². The number of likely N-dealkylation sites (N-methyl/N-ethyl adjacent to an activating group) is 1. The van der Waals surface area contributed by atoms with Gasteiger partial charge in [-0.3, -0.25) is 19.8 Å². The monoisotopic (exact) mass is 265 g/mol. The first kappa shape index (κ1) is 13.7. The quantitative estimate of drug-likeness (QED) is 0.486. The van der Waals surface area contributed by atoms with E-state index in [2.05, 4.69) is 4.98 Å². The number of nitrogens with zero attached hydrogens (tertiary/aromatic N) is 2. The molecule has 1 aliphatic carbocycles. The van der Waals surface area contributed by atoms with Crippen molar-refractivity contribution in [2.75, 3.05) is 20.1 Å². The highest BCUT2D eigenvalue weighted by atomic mass is 16.6. The van der Waals surface area contributed by atoms with Gasteiger partial charge in [0.05, 0.1) is 23.4 Å². The molecule has 6 heteroatoms. The lowest BCUT2D eigenvalue weighted by molar-refractivity contribution is -0.384. The smallest absolute Gasteiger partial charge is 0.287 e. The molecular weight excluding hydrogens is 246 g/mol. The number of aromatic amines is 1. The molecule has 0 spiro atoms. The zero-order valence-corrected chi connectivity index (χ0v) is 11.1. The maximum atomic E-state index is 12.0. The summed E-state index contributed by atoms with van der Waals surface area (Å²) >= 11 is 0. The van der Waals surface area contributed by atoms with Crippen molar-refractivity contribution in [3.8, 4) is 0 Å². The van der Waals surface area contributed by atoms with Gasteiger partial charge in [-0.1, -0.05) is 12.8 Å². The Morgan fingerprint density at radius 1 is 1.53 bits per heavy atom. The lowest BCUT2D eigenvalue weighted by Crippen LogP contribution is -2.30. The molecule has 1 fully saturated rings. The average Bonchev–Trinajstić information content (AvgIpc) is 2.98. The molecule has 104 valence electrons. The molecule has 0 aliphatic heterocycles. The fourth-order valence-electron chi connectivity index (χ4n) is 2.68. The zero-order chi connectivity index (χ0) is 13.8. The van der Waals surface area contributed by atoms with Crippen LogP contribution in [0.3, 0.4) is 0 Å². The molecule has 0 amide bonds. The van der Waals surface area contributed by atoms with Crippen LogP contribution >= 0.6 is 0 Å². The highest BCUT2D eigenvalue weighted by Crippen LogP contribution is 2.25. The van der Waals surface area contributed by atoms with Crippen LogP contribution in [0.1, 0.15) is 36.2 Å². The summed E-state index contributed by atoms with van der Waals surface area (Å²) in [7, 11) is 1.92. The second kappa shape index (κ2) is 5.97. The Balaban J connectivity index is 1.86. The number of aromatic nitrogens is 1. The molecule has 1 saturated carbocycles. The largest absolute Gasteiger partial charge is 0.353 e. The van der Waals surface area contributed by atoms with Crippen LogP contribution in [0.25, 0.3) is 0 Å². The minimum absolute atomic E-state index is 0.0678. The molecule has 0 radical (unpaired) electrons. The minimum Gasteiger partial charge on any atom is -0.353 e. The number of Topliss-reactive ketones (excluding diaryl/α,β-unsaturated/α-hetero) is 1. The predicted molar refractivity (Wildman–Crippen MR) is 71.2 cm³/mol. The van der Waals surface area contributed by atoms with Crippen molar-refractivity contribution < 1.29 is 9.72 Å². The van der Waals surface area contributed by atoms with Crippen molar-refractivity contribution >= 4 is 11.5 Å². The molecule has 0 aromatic carbocycles. The molecule has 0 saturated heterocycles. The summed E-state index contributed by atoms with van der Waals surface area (Å²) in [5.74, 6) is 0.587. The van der Waals surface area contributed by atoms with E-state index in [1.165, 1.54) is 37.9 Å². The Morgan fingerprint density at radius 3 is 2.79 bits per heavy atom. The molecule has 19 heavy (non-hydrogen) atoms. The molecule has 0 atom stereocenters. The van der Waals surface area contributed by atoms with E-state index in [4.69, 9.17) is 0 Å². The average molecular weight is 265 g/mol. The second-order valence-corrected chi connectivity index (χ2v) is 5.30. The Kier molecular flexibility index (Phi) is 4.31. The highest BCUT2D eigenvalue weighted by molar-refractivity contribution is 5.96. The lowest BCUT2D eigenvalue weighted by atomic mass is 10.1. The Labute approximate surface area is 111 Å². The summed E-state index contributed by atoms with van der Waals surface area (Å²) in [6.45, 7) is 1.22. The summed E-state index contributed by atoms with van der Waals surface area (Å²) in [6.07, 6.45) is 6.31. The molecule has 0 unspecified atom stereocenters. The van der Waals surface area contributed by atoms with Crippen LogP contribution in [-0.2, 0) is 0 Å². The molecule has 1 N–H and O–H groups in total. The summed E-state index contributed by atoms with van der Waals surface area (Å²) in [6, 6.07) is 1.30. The van der Waals surface area contributed by atoms with Gasteiger partial charge in [-0.2, -0.15) is 0 Å². The van der Waals surface area contributed by atoms with E-state index < -0.39 is 4.92 Å². The number of carbonyl (C=O) groups excluding carboxylic acids is 1. The van der Waals surface area contributed by atoms with E-state index in [1.807, 2.05) is 11.9 Å². The molecule has 6 nitrogen and oxygen atoms in total. The topological polar surface area (TPSA) is 79.2 Å². The third kappa shape index (κ3) is 3.64. The van der Waals surface area contributed by atoms with Gasteiger partial charge in [-0.05, 0) is 25.8 Å².